The Hall–Kier alpha value is -3.06. The smallest absolute Gasteiger partial charge is 0.237 e. The molecule has 3 aromatic rings. The van der Waals surface area contributed by atoms with Crippen molar-refractivity contribution < 1.29 is 14.3 Å². The maximum Gasteiger partial charge on any atom is 0.237 e. The van der Waals surface area contributed by atoms with Crippen molar-refractivity contribution >= 4 is 23.4 Å². The molecule has 1 amide bonds. The predicted molar refractivity (Wildman–Crippen MR) is 111 cm³/mol. The molecule has 1 unspecified atom stereocenters. The van der Waals surface area contributed by atoms with Crippen LogP contribution in [0.5, 0.6) is 11.5 Å². The Labute approximate surface area is 168 Å². The van der Waals surface area contributed by atoms with E-state index >= 15 is 0 Å². The van der Waals surface area contributed by atoms with Gasteiger partial charge in [-0.25, -0.2) is 9.97 Å². The highest BCUT2D eigenvalue weighted by Gasteiger charge is 2.18. The standard InChI is InChI=1S/C21H21N3O3S/c1-14(21(25)24-18-11-16(26-2)9-10-19(18)27-3)28-20-12-17(22-13-23-20)15-7-5-4-6-8-15/h4-14H,1-3H3,(H,24,25). The molecular weight excluding hydrogens is 374 g/mol. The maximum atomic E-state index is 12.7. The highest BCUT2D eigenvalue weighted by molar-refractivity contribution is 8.00. The number of aromatic nitrogens is 2. The number of nitrogens with one attached hydrogen (secondary N) is 1. The van der Waals surface area contributed by atoms with Crippen LogP contribution in [0, 0.1) is 0 Å². The van der Waals surface area contributed by atoms with E-state index in [0.717, 1.165) is 16.3 Å². The van der Waals surface area contributed by atoms with Crippen molar-refractivity contribution in [3.63, 3.8) is 0 Å². The quantitative estimate of drug-likeness (QED) is 0.475. The molecule has 2 aromatic carbocycles. The van der Waals surface area contributed by atoms with Crippen LogP contribution in [0.4, 0.5) is 5.69 Å². The van der Waals surface area contributed by atoms with E-state index in [-0.39, 0.29) is 11.2 Å². The zero-order valence-electron chi connectivity index (χ0n) is 15.9. The molecule has 1 heterocycles. The first-order valence-electron chi connectivity index (χ1n) is 8.67. The van der Waals surface area contributed by atoms with Crippen molar-refractivity contribution in [1.29, 1.82) is 0 Å². The summed E-state index contributed by atoms with van der Waals surface area (Å²) in [6, 6.07) is 17.0. The van der Waals surface area contributed by atoms with E-state index in [9.17, 15) is 4.79 Å². The molecule has 0 aliphatic carbocycles. The summed E-state index contributed by atoms with van der Waals surface area (Å²) in [5.74, 6) is 1.05. The third-order valence-electron chi connectivity index (χ3n) is 4.04. The Kier molecular flexibility index (Phi) is 6.49. The van der Waals surface area contributed by atoms with Crippen molar-refractivity contribution in [2.45, 2.75) is 17.2 Å². The number of hydrogen-bond acceptors (Lipinski definition) is 6. The van der Waals surface area contributed by atoms with Crippen LogP contribution in [0.25, 0.3) is 11.3 Å². The van der Waals surface area contributed by atoms with E-state index in [1.54, 1.807) is 32.4 Å². The van der Waals surface area contributed by atoms with Gasteiger partial charge in [0, 0.05) is 11.6 Å². The van der Waals surface area contributed by atoms with Gasteiger partial charge in [-0.05, 0) is 25.1 Å². The Morgan fingerprint density at radius 1 is 1.04 bits per heavy atom. The number of amides is 1. The van der Waals surface area contributed by atoms with E-state index in [1.807, 2.05) is 43.3 Å². The number of nitrogens with zero attached hydrogens (tertiary/aromatic N) is 2. The first-order valence-corrected chi connectivity index (χ1v) is 9.55. The van der Waals surface area contributed by atoms with E-state index in [4.69, 9.17) is 9.47 Å². The molecule has 0 radical (unpaired) electrons. The summed E-state index contributed by atoms with van der Waals surface area (Å²) in [6.45, 7) is 1.83. The van der Waals surface area contributed by atoms with Crippen molar-refractivity contribution in [2.24, 2.45) is 0 Å². The summed E-state index contributed by atoms with van der Waals surface area (Å²) in [6.07, 6.45) is 1.51. The number of benzene rings is 2. The average molecular weight is 395 g/mol. The number of carbonyl (C=O) groups is 1. The van der Waals surface area contributed by atoms with Gasteiger partial charge in [-0.2, -0.15) is 0 Å². The number of carbonyl (C=O) groups excluding carboxylic acids is 1. The van der Waals surface area contributed by atoms with Crippen LogP contribution >= 0.6 is 11.8 Å². The van der Waals surface area contributed by atoms with Crippen LogP contribution in [0.15, 0.2) is 66.0 Å². The summed E-state index contributed by atoms with van der Waals surface area (Å²) in [4.78, 5) is 21.3. The Balaban J connectivity index is 1.71. The molecule has 144 valence electrons. The van der Waals surface area contributed by atoms with Crippen LogP contribution in [0.2, 0.25) is 0 Å². The van der Waals surface area contributed by atoms with E-state index in [1.165, 1.54) is 18.1 Å². The normalized spacial score (nSPS) is 11.5. The average Bonchev–Trinajstić information content (AvgIpc) is 2.74. The van der Waals surface area contributed by atoms with Crippen LogP contribution in [-0.4, -0.2) is 35.3 Å². The van der Waals surface area contributed by atoms with Crippen molar-refractivity contribution in [3.8, 4) is 22.8 Å². The van der Waals surface area contributed by atoms with Crippen molar-refractivity contribution in [1.82, 2.24) is 9.97 Å². The lowest BCUT2D eigenvalue weighted by Gasteiger charge is -2.15. The lowest BCUT2D eigenvalue weighted by molar-refractivity contribution is -0.115. The summed E-state index contributed by atoms with van der Waals surface area (Å²) < 4.78 is 10.5. The zero-order chi connectivity index (χ0) is 19.9. The third-order valence-corrected chi connectivity index (χ3v) is 5.08. The van der Waals surface area contributed by atoms with Crippen molar-refractivity contribution in [3.05, 3.63) is 60.9 Å². The number of rotatable bonds is 7. The fraction of sp³-hybridized carbons (Fsp3) is 0.190. The van der Waals surface area contributed by atoms with Gasteiger partial charge in [0.1, 0.15) is 22.9 Å². The number of anilines is 1. The van der Waals surface area contributed by atoms with Crippen LogP contribution in [0.3, 0.4) is 0 Å². The van der Waals surface area contributed by atoms with Crippen LogP contribution in [-0.2, 0) is 4.79 Å². The van der Waals surface area contributed by atoms with Gasteiger partial charge < -0.3 is 14.8 Å². The Morgan fingerprint density at radius 3 is 2.54 bits per heavy atom. The van der Waals surface area contributed by atoms with Gasteiger partial charge in [-0.15, -0.1) is 0 Å². The van der Waals surface area contributed by atoms with Gasteiger partial charge in [-0.1, -0.05) is 42.1 Å². The topological polar surface area (TPSA) is 73.3 Å². The largest absolute Gasteiger partial charge is 0.497 e. The van der Waals surface area contributed by atoms with Crippen LogP contribution < -0.4 is 14.8 Å². The lowest BCUT2D eigenvalue weighted by Crippen LogP contribution is -2.22. The minimum absolute atomic E-state index is 0.156. The molecule has 0 saturated heterocycles. The first kappa shape index (κ1) is 19.7. The minimum atomic E-state index is -0.366. The number of methoxy groups -OCH3 is 2. The predicted octanol–water partition coefficient (Wildman–Crippen LogP) is 4.28. The summed E-state index contributed by atoms with van der Waals surface area (Å²) in [5.41, 5.74) is 2.39. The molecule has 0 spiro atoms. The molecule has 6 nitrogen and oxygen atoms in total. The monoisotopic (exact) mass is 395 g/mol. The molecule has 1 atom stereocenters. The third kappa shape index (κ3) is 4.80. The first-order chi connectivity index (χ1) is 13.6. The van der Waals surface area contributed by atoms with Crippen molar-refractivity contribution in [2.75, 3.05) is 19.5 Å². The summed E-state index contributed by atoms with van der Waals surface area (Å²) in [5, 5.41) is 3.26. The fourth-order valence-electron chi connectivity index (χ4n) is 2.55. The molecule has 3 rings (SSSR count). The summed E-state index contributed by atoms with van der Waals surface area (Å²) in [7, 11) is 3.13. The number of hydrogen-bond donors (Lipinski definition) is 1. The molecular formula is C21H21N3O3S. The second-order valence-electron chi connectivity index (χ2n) is 5.92. The van der Waals surface area contributed by atoms with Gasteiger partial charge >= 0.3 is 0 Å². The molecule has 0 aliphatic heterocycles. The highest BCUT2D eigenvalue weighted by atomic mass is 32.2. The zero-order valence-corrected chi connectivity index (χ0v) is 16.7. The molecule has 28 heavy (non-hydrogen) atoms. The molecule has 0 aliphatic rings. The van der Waals surface area contributed by atoms with Gasteiger partial charge in [0.05, 0.1) is 30.9 Å². The van der Waals surface area contributed by atoms with E-state index in [2.05, 4.69) is 15.3 Å². The van der Waals surface area contributed by atoms with Gasteiger partial charge in [0.15, 0.2) is 0 Å². The second-order valence-corrected chi connectivity index (χ2v) is 7.28. The second kappa shape index (κ2) is 9.23. The van der Waals surface area contributed by atoms with E-state index < -0.39 is 0 Å². The maximum absolute atomic E-state index is 12.7. The Morgan fingerprint density at radius 2 is 1.82 bits per heavy atom. The molecule has 0 fully saturated rings. The number of ether oxygens (including phenoxy) is 2. The molecule has 1 aromatic heterocycles. The SMILES string of the molecule is COc1ccc(OC)c(NC(=O)C(C)Sc2cc(-c3ccccc3)ncn2)c1. The molecule has 7 heteroatoms. The molecule has 1 N–H and O–H groups in total. The van der Waals surface area contributed by atoms with E-state index in [0.29, 0.717) is 17.2 Å². The fourth-order valence-corrected chi connectivity index (χ4v) is 3.37. The number of thioether (sulfide) groups is 1. The lowest BCUT2D eigenvalue weighted by atomic mass is 10.1. The van der Waals surface area contributed by atoms with Gasteiger partial charge in [-0.3, -0.25) is 4.79 Å². The molecule has 0 bridgehead atoms. The summed E-state index contributed by atoms with van der Waals surface area (Å²) >= 11 is 1.37. The molecule has 0 saturated carbocycles. The highest BCUT2D eigenvalue weighted by Crippen LogP contribution is 2.31. The van der Waals surface area contributed by atoms with Crippen LogP contribution in [0.1, 0.15) is 6.92 Å². The van der Waals surface area contributed by atoms with Gasteiger partial charge in [0.25, 0.3) is 0 Å². The Bertz CT molecular complexity index is 951. The minimum Gasteiger partial charge on any atom is -0.497 e. The van der Waals surface area contributed by atoms with Gasteiger partial charge in [0.2, 0.25) is 5.91 Å².